The standard InChI is InChI=1S/C6H11NS2/c1-4(2)5-3-7-6(8)9-5/h4-5H,3H2,1-2H3,(H,7,8). The van der Waals surface area contributed by atoms with E-state index in [1.807, 2.05) is 0 Å². The number of hydrogen-bond acceptors (Lipinski definition) is 2. The lowest BCUT2D eigenvalue weighted by Gasteiger charge is -2.08. The van der Waals surface area contributed by atoms with Gasteiger partial charge in [-0.1, -0.05) is 37.8 Å². The minimum absolute atomic E-state index is 0.706. The average Bonchev–Trinajstić information content (AvgIpc) is 2.14. The molecule has 1 atom stereocenters. The van der Waals surface area contributed by atoms with Gasteiger partial charge in [-0.2, -0.15) is 0 Å². The Morgan fingerprint density at radius 2 is 2.44 bits per heavy atom. The van der Waals surface area contributed by atoms with Crippen molar-refractivity contribution in [2.75, 3.05) is 6.54 Å². The molecule has 1 fully saturated rings. The molecule has 1 rings (SSSR count). The van der Waals surface area contributed by atoms with Gasteiger partial charge in [0.1, 0.15) is 4.32 Å². The third-order valence-corrected chi connectivity index (χ3v) is 3.25. The average molecular weight is 161 g/mol. The van der Waals surface area contributed by atoms with E-state index in [1.54, 1.807) is 11.8 Å². The molecule has 1 N–H and O–H groups in total. The van der Waals surface area contributed by atoms with E-state index in [2.05, 4.69) is 19.2 Å². The van der Waals surface area contributed by atoms with Crippen molar-refractivity contribution in [3.63, 3.8) is 0 Å². The molecule has 0 bridgehead atoms. The van der Waals surface area contributed by atoms with Crippen LogP contribution >= 0.6 is 24.0 Å². The van der Waals surface area contributed by atoms with Gasteiger partial charge in [-0.25, -0.2) is 0 Å². The van der Waals surface area contributed by atoms with Gasteiger partial charge < -0.3 is 5.32 Å². The number of thioether (sulfide) groups is 1. The molecule has 3 heteroatoms. The van der Waals surface area contributed by atoms with Gasteiger partial charge in [0.15, 0.2) is 0 Å². The van der Waals surface area contributed by atoms with E-state index in [1.165, 1.54) is 0 Å². The summed E-state index contributed by atoms with van der Waals surface area (Å²) in [5.74, 6) is 0.739. The molecule has 0 aromatic carbocycles. The van der Waals surface area contributed by atoms with Gasteiger partial charge in [-0.3, -0.25) is 0 Å². The van der Waals surface area contributed by atoms with Crippen LogP contribution in [0.5, 0.6) is 0 Å². The van der Waals surface area contributed by atoms with Gasteiger partial charge in [0.2, 0.25) is 0 Å². The molecule has 0 radical (unpaired) electrons. The topological polar surface area (TPSA) is 12.0 Å². The Balaban J connectivity index is 2.39. The number of nitrogens with one attached hydrogen (secondary N) is 1. The smallest absolute Gasteiger partial charge is 0.134 e. The molecule has 9 heavy (non-hydrogen) atoms. The molecule has 0 saturated carbocycles. The molecule has 0 aliphatic carbocycles. The molecule has 0 amide bonds. The Hall–Kier alpha value is 0.240. The second kappa shape index (κ2) is 2.88. The number of rotatable bonds is 1. The van der Waals surface area contributed by atoms with Crippen LogP contribution in [0.4, 0.5) is 0 Å². The Bertz CT molecular complexity index is 122. The maximum atomic E-state index is 4.97. The SMILES string of the molecule is CC(C)C1CNC(=S)S1. The van der Waals surface area contributed by atoms with Gasteiger partial charge in [0.25, 0.3) is 0 Å². The highest BCUT2D eigenvalue weighted by atomic mass is 32.2. The van der Waals surface area contributed by atoms with Gasteiger partial charge in [-0.15, -0.1) is 0 Å². The van der Waals surface area contributed by atoms with Crippen molar-refractivity contribution >= 4 is 28.3 Å². The van der Waals surface area contributed by atoms with Crippen LogP contribution in [0, 0.1) is 5.92 Å². The molecule has 52 valence electrons. The summed E-state index contributed by atoms with van der Waals surface area (Å²) in [6.07, 6.45) is 0. The first-order chi connectivity index (χ1) is 4.20. The second-order valence-electron chi connectivity index (χ2n) is 2.57. The van der Waals surface area contributed by atoms with Crippen LogP contribution in [0.15, 0.2) is 0 Å². The van der Waals surface area contributed by atoms with Crippen molar-refractivity contribution in [2.24, 2.45) is 5.92 Å². The van der Waals surface area contributed by atoms with E-state index in [-0.39, 0.29) is 0 Å². The lowest BCUT2D eigenvalue weighted by atomic mass is 10.1. The van der Waals surface area contributed by atoms with Gasteiger partial charge in [0.05, 0.1) is 0 Å². The maximum Gasteiger partial charge on any atom is 0.134 e. The Morgan fingerprint density at radius 3 is 2.67 bits per heavy atom. The Labute approximate surface area is 65.6 Å². The molecular weight excluding hydrogens is 150 g/mol. The summed E-state index contributed by atoms with van der Waals surface area (Å²) < 4.78 is 0.966. The molecule has 1 heterocycles. The minimum Gasteiger partial charge on any atom is -0.370 e. The third kappa shape index (κ3) is 1.83. The maximum absolute atomic E-state index is 4.97. The minimum atomic E-state index is 0.706. The van der Waals surface area contributed by atoms with Crippen LogP contribution in [0.1, 0.15) is 13.8 Å². The van der Waals surface area contributed by atoms with Crippen molar-refractivity contribution in [3.8, 4) is 0 Å². The summed E-state index contributed by atoms with van der Waals surface area (Å²) >= 11 is 6.76. The highest BCUT2D eigenvalue weighted by Crippen LogP contribution is 2.24. The summed E-state index contributed by atoms with van der Waals surface area (Å²) in [4.78, 5) is 0. The fourth-order valence-corrected chi connectivity index (χ4v) is 2.11. The zero-order valence-corrected chi connectivity index (χ0v) is 7.31. The quantitative estimate of drug-likeness (QED) is 0.587. The molecule has 1 unspecified atom stereocenters. The van der Waals surface area contributed by atoms with Crippen molar-refractivity contribution in [1.29, 1.82) is 0 Å². The first-order valence-corrected chi connectivity index (χ1v) is 4.43. The molecule has 1 aliphatic heterocycles. The summed E-state index contributed by atoms with van der Waals surface area (Å²) in [5, 5.41) is 3.85. The van der Waals surface area contributed by atoms with E-state index in [9.17, 15) is 0 Å². The van der Waals surface area contributed by atoms with Crippen LogP contribution in [0.25, 0.3) is 0 Å². The summed E-state index contributed by atoms with van der Waals surface area (Å²) in [6, 6.07) is 0. The summed E-state index contributed by atoms with van der Waals surface area (Å²) in [5.41, 5.74) is 0. The second-order valence-corrected chi connectivity index (χ2v) is 4.48. The van der Waals surface area contributed by atoms with E-state index >= 15 is 0 Å². The van der Waals surface area contributed by atoms with Crippen LogP contribution in [0.2, 0.25) is 0 Å². The lowest BCUT2D eigenvalue weighted by Crippen LogP contribution is -2.18. The van der Waals surface area contributed by atoms with Gasteiger partial charge in [0, 0.05) is 11.8 Å². The molecule has 0 aromatic heterocycles. The van der Waals surface area contributed by atoms with Gasteiger partial charge in [-0.05, 0) is 5.92 Å². The molecule has 0 aromatic rings. The van der Waals surface area contributed by atoms with Gasteiger partial charge >= 0.3 is 0 Å². The van der Waals surface area contributed by atoms with Crippen molar-refractivity contribution in [1.82, 2.24) is 5.32 Å². The van der Waals surface area contributed by atoms with Crippen molar-refractivity contribution in [2.45, 2.75) is 19.1 Å². The highest BCUT2D eigenvalue weighted by molar-refractivity contribution is 8.23. The van der Waals surface area contributed by atoms with E-state index in [0.29, 0.717) is 5.25 Å². The van der Waals surface area contributed by atoms with Crippen molar-refractivity contribution in [3.05, 3.63) is 0 Å². The zero-order chi connectivity index (χ0) is 6.85. The van der Waals surface area contributed by atoms with E-state index in [4.69, 9.17) is 12.2 Å². The number of thiocarbonyl (C=S) groups is 1. The highest BCUT2D eigenvalue weighted by Gasteiger charge is 2.21. The summed E-state index contributed by atoms with van der Waals surface area (Å²) in [6.45, 7) is 5.52. The van der Waals surface area contributed by atoms with E-state index in [0.717, 1.165) is 16.8 Å². The largest absolute Gasteiger partial charge is 0.370 e. The van der Waals surface area contributed by atoms with Crippen LogP contribution < -0.4 is 5.32 Å². The lowest BCUT2D eigenvalue weighted by molar-refractivity contribution is 0.607. The monoisotopic (exact) mass is 161 g/mol. The normalized spacial score (nSPS) is 27.0. The fraction of sp³-hybridized carbons (Fsp3) is 0.833. The molecule has 0 spiro atoms. The Kier molecular flexibility index (Phi) is 2.35. The number of hydrogen-bond donors (Lipinski definition) is 1. The van der Waals surface area contributed by atoms with Crippen LogP contribution in [-0.4, -0.2) is 16.1 Å². The van der Waals surface area contributed by atoms with E-state index < -0.39 is 0 Å². The molecular formula is C6H11NS2. The first-order valence-electron chi connectivity index (χ1n) is 3.14. The molecule has 1 saturated heterocycles. The van der Waals surface area contributed by atoms with Crippen molar-refractivity contribution < 1.29 is 0 Å². The molecule has 1 aliphatic rings. The van der Waals surface area contributed by atoms with Crippen LogP contribution in [-0.2, 0) is 0 Å². The third-order valence-electron chi connectivity index (χ3n) is 1.45. The fourth-order valence-electron chi connectivity index (χ4n) is 0.777. The molecule has 1 nitrogen and oxygen atoms in total. The van der Waals surface area contributed by atoms with Crippen LogP contribution in [0.3, 0.4) is 0 Å². The predicted octanol–water partition coefficient (Wildman–Crippen LogP) is 1.63. The summed E-state index contributed by atoms with van der Waals surface area (Å²) in [7, 11) is 0. The predicted molar refractivity (Wildman–Crippen MR) is 46.8 cm³/mol. The first kappa shape index (κ1) is 7.35. The zero-order valence-electron chi connectivity index (χ0n) is 5.68. The Morgan fingerprint density at radius 1 is 1.78 bits per heavy atom.